The summed E-state index contributed by atoms with van der Waals surface area (Å²) in [6, 6.07) is 23.6. The lowest BCUT2D eigenvalue weighted by Gasteiger charge is -2.11. The first-order valence-corrected chi connectivity index (χ1v) is 12.4. The van der Waals surface area contributed by atoms with Crippen LogP contribution in [-0.2, 0) is 17.2 Å². The quantitative estimate of drug-likeness (QED) is 0.201. The number of fused-ring (bicyclic) bond motifs is 5. The van der Waals surface area contributed by atoms with Gasteiger partial charge < -0.3 is 14.2 Å². The number of ether oxygens (including phenoxy) is 1. The molecule has 0 unspecified atom stereocenters. The summed E-state index contributed by atoms with van der Waals surface area (Å²) in [5.74, 6) is 0.871. The Kier molecular flexibility index (Phi) is 6.78. The van der Waals surface area contributed by atoms with E-state index in [4.69, 9.17) is 17.7 Å². The molecule has 0 N–H and O–H groups in total. The largest absolute Gasteiger partial charge is 0.741 e. The van der Waals surface area contributed by atoms with E-state index in [1.807, 2.05) is 6.07 Å². The third-order valence-corrected chi connectivity index (χ3v) is 6.57. The van der Waals surface area contributed by atoms with Crippen molar-refractivity contribution in [1.82, 2.24) is 4.52 Å². The molecule has 7 nitrogen and oxygen atoms in total. The molecule has 0 amide bonds. The zero-order valence-corrected chi connectivity index (χ0v) is 21.3. The van der Waals surface area contributed by atoms with Crippen LogP contribution < -0.4 is 19.5 Å². The number of methoxy groups -OCH3 is 1. The van der Waals surface area contributed by atoms with Crippen LogP contribution in [0.1, 0.15) is 5.56 Å². The molecule has 2 heterocycles. The number of anilines is 1. The lowest BCUT2D eigenvalue weighted by atomic mass is 10.1. The van der Waals surface area contributed by atoms with Gasteiger partial charge in [-0.3, -0.25) is 0 Å². The molecule has 0 aliphatic heterocycles. The molecule has 0 aliphatic carbocycles. The Morgan fingerprint density at radius 1 is 1.00 bits per heavy atom. The zero-order chi connectivity index (χ0) is 27.1. The van der Waals surface area contributed by atoms with Gasteiger partial charge in [0.05, 0.1) is 18.6 Å². The summed E-state index contributed by atoms with van der Waals surface area (Å²) in [6.45, 7) is 0. The van der Waals surface area contributed by atoms with E-state index in [1.54, 1.807) is 7.11 Å². The minimum Gasteiger partial charge on any atom is -0.741 e. The molecule has 37 heavy (non-hydrogen) atoms. The number of nitrogens with zero attached hydrogens (tertiary/aromatic N) is 3. The second kappa shape index (κ2) is 9.56. The highest BCUT2D eigenvalue weighted by Crippen LogP contribution is 2.25. The lowest BCUT2D eigenvalue weighted by Crippen LogP contribution is -2.34. The summed E-state index contributed by atoms with van der Waals surface area (Å²) in [5.41, 5.74) is 0.334. The van der Waals surface area contributed by atoms with E-state index in [0.29, 0.717) is 0 Å². The number of halogens is 3. The average molecular weight is 532 g/mol. The smallest absolute Gasteiger partial charge is 0.485 e. The summed E-state index contributed by atoms with van der Waals surface area (Å²) in [7, 11) is 1.86. The number of hydrogen-bond acceptors (Lipinski definition) is 5. The van der Waals surface area contributed by atoms with Gasteiger partial charge in [0.1, 0.15) is 16.8 Å². The molecule has 194 valence electrons. The molecule has 0 fully saturated rings. The van der Waals surface area contributed by atoms with Crippen molar-refractivity contribution < 1.29 is 35.6 Å². The van der Waals surface area contributed by atoms with Crippen LogP contribution >= 0.6 is 0 Å². The van der Waals surface area contributed by atoms with Gasteiger partial charge in [-0.2, -0.15) is 13.2 Å². The highest BCUT2D eigenvalue weighted by atomic mass is 32.2. The molecule has 3 aromatic carbocycles. The Morgan fingerprint density at radius 2 is 1.62 bits per heavy atom. The van der Waals surface area contributed by atoms with Gasteiger partial charge in [-0.1, -0.05) is 30.3 Å². The van der Waals surface area contributed by atoms with Crippen LogP contribution in [0.15, 0.2) is 66.7 Å². The van der Waals surface area contributed by atoms with Crippen molar-refractivity contribution in [2.75, 3.05) is 26.1 Å². The Labute approximate surface area is 211 Å². The monoisotopic (exact) mass is 531 g/mol. The van der Waals surface area contributed by atoms with E-state index in [9.17, 15) is 13.2 Å². The number of aromatic nitrogens is 2. The van der Waals surface area contributed by atoms with Gasteiger partial charge in [0.2, 0.25) is 5.52 Å². The first kappa shape index (κ1) is 26.2. The normalized spacial score (nSPS) is 12.7. The summed E-state index contributed by atoms with van der Waals surface area (Å²) >= 11 is 0. The summed E-state index contributed by atoms with van der Waals surface area (Å²) in [4.78, 5) is 2.12. The number of rotatable bonds is 3. The Bertz CT molecular complexity index is 1760. The van der Waals surface area contributed by atoms with Crippen molar-refractivity contribution >= 4 is 49.2 Å². The number of benzene rings is 3. The summed E-state index contributed by atoms with van der Waals surface area (Å²) in [6.07, 6.45) is 2.29. The fourth-order valence-electron chi connectivity index (χ4n) is 4.21. The van der Waals surface area contributed by atoms with Crippen molar-refractivity contribution in [3.8, 4) is 5.75 Å². The van der Waals surface area contributed by atoms with Gasteiger partial charge in [-0.15, -0.1) is 9.20 Å². The SMILES string of the molecule is COc1ccc2c3/c(=C\c4ccc(N(C)C)cc4)c4ccccc4n3[n+](C)c2c1.O=S(=O)([O-])C(F)(F)F. The Morgan fingerprint density at radius 3 is 2.19 bits per heavy atom. The minimum atomic E-state index is -6.09. The van der Waals surface area contributed by atoms with Crippen molar-refractivity contribution in [2.45, 2.75) is 5.51 Å². The second-order valence-corrected chi connectivity index (χ2v) is 9.90. The fraction of sp³-hybridized carbons (Fsp3) is 0.192. The van der Waals surface area contributed by atoms with Gasteiger partial charge in [0.15, 0.2) is 17.2 Å². The van der Waals surface area contributed by atoms with Gasteiger partial charge >= 0.3 is 5.51 Å². The Balaban J connectivity index is 0.000000349. The number of para-hydroxylation sites is 1. The van der Waals surface area contributed by atoms with Crippen molar-refractivity contribution in [3.05, 3.63) is 77.5 Å². The maximum Gasteiger partial charge on any atom is 0.485 e. The van der Waals surface area contributed by atoms with Crippen LogP contribution in [0, 0.1) is 0 Å². The average Bonchev–Trinajstić information content (AvgIpc) is 3.31. The van der Waals surface area contributed by atoms with E-state index in [1.165, 1.54) is 38.3 Å². The van der Waals surface area contributed by atoms with E-state index in [0.717, 1.165) is 11.3 Å². The van der Waals surface area contributed by atoms with Crippen molar-refractivity contribution in [3.63, 3.8) is 0 Å². The fourth-order valence-corrected chi connectivity index (χ4v) is 4.21. The molecule has 0 atom stereocenters. The third kappa shape index (κ3) is 4.92. The molecule has 0 spiro atoms. The van der Waals surface area contributed by atoms with Crippen LogP contribution in [0.25, 0.3) is 33.4 Å². The van der Waals surface area contributed by atoms with Crippen LogP contribution in [0.2, 0.25) is 0 Å². The van der Waals surface area contributed by atoms with Crippen LogP contribution in [-0.4, -0.2) is 44.2 Å². The van der Waals surface area contributed by atoms with Gasteiger partial charge in [0.25, 0.3) is 0 Å². The first-order chi connectivity index (χ1) is 17.3. The number of alkyl halides is 3. The lowest BCUT2D eigenvalue weighted by molar-refractivity contribution is -0.711. The van der Waals surface area contributed by atoms with E-state index >= 15 is 0 Å². The molecule has 0 bridgehead atoms. The standard InChI is InChI=1S/C25H24N3O.CHF3O3S/c1-26(2)18-11-9-17(10-12-18)15-22-20-7-5-6-8-23(20)28-25(22)21-14-13-19(29-4)16-24(21)27(28)3;2-1(3,4)8(5,6)7/h5-16H,1-4H3;(H,5,6,7)/q+1;/p-1. The molecular weight excluding hydrogens is 507 g/mol. The van der Waals surface area contributed by atoms with E-state index in [2.05, 4.69) is 102 Å². The van der Waals surface area contributed by atoms with Gasteiger partial charge in [-0.25, -0.2) is 8.42 Å². The minimum absolute atomic E-state index is 0.871. The predicted molar refractivity (Wildman–Crippen MR) is 135 cm³/mol. The maximum absolute atomic E-state index is 10.7. The first-order valence-electron chi connectivity index (χ1n) is 11.0. The molecule has 2 aromatic heterocycles. The van der Waals surface area contributed by atoms with E-state index in [-0.39, 0.29) is 0 Å². The van der Waals surface area contributed by atoms with Crippen LogP contribution in [0.4, 0.5) is 18.9 Å². The Hall–Kier alpha value is -3.83. The molecule has 0 aliphatic rings. The van der Waals surface area contributed by atoms with Crippen LogP contribution in [0.5, 0.6) is 5.75 Å². The molecule has 0 radical (unpaired) electrons. The maximum atomic E-state index is 10.7. The summed E-state index contributed by atoms with van der Waals surface area (Å²) < 4.78 is 68.9. The summed E-state index contributed by atoms with van der Waals surface area (Å²) in [5, 5.41) is 3.72. The topological polar surface area (TPSA) is 78.0 Å². The number of hydrogen-bond donors (Lipinski definition) is 0. The van der Waals surface area contributed by atoms with Crippen molar-refractivity contribution in [1.29, 1.82) is 0 Å². The van der Waals surface area contributed by atoms with Gasteiger partial charge in [0, 0.05) is 30.4 Å². The van der Waals surface area contributed by atoms with Gasteiger partial charge in [-0.05, 0) is 42.0 Å². The number of aryl methyl sites for hydroxylation is 1. The highest BCUT2D eigenvalue weighted by Gasteiger charge is 2.36. The molecule has 5 rings (SSSR count). The molecule has 0 saturated heterocycles. The van der Waals surface area contributed by atoms with Crippen molar-refractivity contribution in [2.24, 2.45) is 7.05 Å². The third-order valence-electron chi connectivity index (χ3n) is 6.00. The molecule has 0 saturated carbocycles. The van der Waals surface area contributed by atoms with Crippen LogP contribution in [0.3, 0.4) is 0 Å². The highest BCUT2D eigenvalue weighted by molar-refractivity contribution is 7.86. The molecule has 5 aromatic rings. The van der Waals surface area contributed by atoms with E-state index < -0.39 is 15.6 Å². The second-order valence-electron chi connectivity index (χ2n) is 8.53. The zero-order valence-electron chi connectivity index (χ0n) is 20.4. The predicted octanol–water partition coefficient (Wildman–Crippen LogP) is 3.74. The molecule has 11 heteroatoms. The molecular formula is C26H24F3N3O4S.